The first-order valence-corrected chi connectivity index (χ1v) is 24.8. The fourth-order valence-corrected chi connectivity index (χ4v) is 7.27. The molecule has 0 aromatic rings. The molecule has 0 aliphatic carbocycles. The van der Waals surface area contributed by atoms with E-state index in [0.29, 0.717) is 19.4 Å². The Morgan fingerprint density at radius 3 is 1.26 bits per heavy atom. The van der Waals surface area contributed by atoms with Crippen molar-refractivity contribution in [1.29, 1.82) is 0 Å². The zero-order valence-electron chi connectivity index (χ0n) is 37.8. The number of hydrogen-bond acceptors (Lipinski definition) is 5. The van der Waals surface area contributed by atoms with Crippen LogP contribution in [0.25, 0.3) is 0 Å². The lowest BCUT2D eigenvalue weighted by Gasteiger charge is -2.20. The minimum atomic E-state index is -0.866. The molecule has 0 aliphatic rings. The number of carbonyl (C=O) groups excluding carboxylic acids is 2. The van der Waals surface area contributed by atoms with E-state index in [1.54, 1.807) is 6.08 Å². The number of nitrogens with one attached hydrogen (secondary N) is 1. The molecule has 6 nitrogen and oxygen atoms in total. The van der Waals surface area contributed by atoms with Crippen LogP contribution < -0.4 is 5.32 Å². The van der Waals surface area contributed by atoms with E-state index < -0.39 is 12.1 Å². The average molecular weight is 802 g/mol. The minimum Gasteiger partial charge on any atom is -0.466 e. The average Bonchev–Trinajstić information content (AvgIpc) is 3.21. The fraction of sp³-hybridized carbons (Fsp3) is 0.843. The van der Waals surface area contributed by atoms with Crippen LogP contribution in [0, 0.1) is 0 Å². The zero-order chi connectivity index (χ0) is 41.5. The highest BCUT2D eigenvalue weighted by atomic mass is 16.5. The molecule has 0 aromatic heterocycles. The molecule has 0 fully saturated rings. The molecule has 2 unspecified atom stereocenters. The molecule has 0 saturated heterocycles. The third-order valence-corrected chi connectivity index (χ3v) is 11.1. The zero-order valence-corrected chi connectivity index (χ0v) is 37.8. The third kappa shape index (κ3) is 43.5. The van der Waals surface area contributed by atoms with Gasteiger partial charge in [-0.1, -0.05) is 192 Å². The number of amides is 1. The number of esters is 1. The maximum atomic E-state index is 12.4. The predicted molar refractivity (Wildman–Crippen MR) is 246 cm³/mol. The SMILES string of the molecule is CCCCCC/C=C\CCCCCCCC(=O)OCCCC/C=C\CCCCCCC(=O)NC(CO)C(O)/C=C/CCCCCCCCCCCCCCCCC. The van der Waals surface area contributed by atoms with Crippen LogP contribution in [0.15, 0.2) is 36.5 Å². The summed E-state index contributed by atoms with van der Waals surface area (Å²) in [5.41, 5.74) is 0. The highest BCUT2D eigenvalue weighted by molar-refractivity contribution is 5.76. The highest BCUT2D eigenvalue weighted by Gasteiger charge is 2.18. The highest BCUT2D eigenvalue weighted by Crippen LogP contribution is 2.15. The molecule has 334 valence electrons. The number of hydrogen-bond donors (Lipinski definition) is 3. The maximum Gasteiger partial charge on any atom is 0.305 e. The van der Waals surface area contributed by atoms with Crippen LogP contribution in [-0.4, -0.2) is 47.4 Å². The van der Waals surface area contributed by atoms with Crippen LogP contribution in [0.2, 0.25) is 0 Å². The Kier molecular flexibility index (Phi) is 45.2. The van der Waals surface area contributed by atoms with E-state index in [9.17, 15) is 19.8 Å². The summed E-state index contributed by atoms with van der Waals surface area (Å²) in [6.07, 6.45) is 55.7. The van der Waals surface area contributed by atoms with Crippen molar-refractivity contribution in [3.05, 3.63) is 36.5 Å². The van der Waals surface area contributed by atoms with Crippen LogP contribution in [0.1, 0.15) is 251 Å². The molecule has 0 heterocycles. The van der Waals surface area contributed by atoms with Crippen molar-refractivity contribution in [1.82, 2.24) is 5.32 Å². The molecule has 0 saturated carbocycles. The minimum absolute atomic E-state index is 0.0483. The quantitative estimate of drug-likeness (QED) is 0.0324. The van der Waals surface area contributed by atoms with Gasteiger partial charge in [-0.3, -0.25) is 9.59 Å². The number of unbranched alkanes of at least 4 members (excludes halogenated alkanes) is 30. The lowest BCUT2D eigenvalue weighted by Crippen LogP contribution is -2.45. The second kappa shape index (κ2) is 46.8. The van der Waals surface area contributed by atoms with Gasteiger partial charge in [0.05, 0.1) is 25.4 Å². The monoisotopic (exact) mass is 802 g/mol. The van der Waals surface area contributed by atoms with Gasteiger partial charge < -0.3 is 20.3 Å². The molecule has 0 spiro atoms. The summed E-state index contributed by atoms with van der Waals surface area (Å²) in [5.74, 6) is -0.153. The molecular formula is C51H95NO5. The lowest BCUT2D eigenvalue weighted by molar-refractivity contribution is -0.143. The maximum absolute atomic E-state index is 12.4. The van der Waals surface area contributed by atoms with Crippen LogP contribution >= 0.6 is 0 Å². The van der Waals surface area contributed by atoms with Gasteiger partial charge in [-0.2, -0.15) is 0 Å². The summed E-state index contributed by atoms with van der Waals surface area (Å²) < 4.78 is 5.41. The standard InChI is InChI=1S/C51H95NO5/c1-3-5-7-9-11-13-15-17-18-19-20-22-23-27-31-35-39-43-49(54)48(47-53)52-50(55)44-40-36-32-28-25-26-30-34-38-42-46-57-51(56)45-41-37-33-29-24-21-16-14-12-10-8-6-4-2/h14,16,26,30,39,43,48-49,53-54H,3-13,15,17-25,27-29,31-38,40-42,44-47H2,1-2H3,(H,52,55)/b16-14-,30-26-,43-39+. The number of allylic oxidation sites excluding steroid dienone is 5. The first-order chi connectivity index (χ1) is 28.0. The summed E-state index contributed by atoms with van der Waals surface area (Å²) in [6.45, 7) is 4.79. The van der Waals surface area contributed by atoms with E-state index in [1.165, 1.54) is 148 Å². The van der Waals surface area contributed by atoms with E-state index >= 15 is 0 Å². The molecule has 6 heteroatoms. The van der Waals surface area contributed by atoms with Gasteiger partial charge in [0.1, 0.15) is 0 Å². The van der Waals surface area contributed by atoms with Gasteiger partial charge in [0, 0.05) is 12.8 Å². The summed E-state index contributed by atoms with van der Waals surface area (Å²) in [6, 6.07) is -0.653. The Labute approximate surface area is 353 Å². The van der Waals surface area contributed by atoms with Gasteiger partial charge in [0.2, 0.25) is 5.91 Å². The van der Waals surface area contributed by atoms with Crippen molar-refractivity contribution < 1.29 is 24.5 Å². The Balaban J connectivity index is 3.59. The number of ether oxygens (including phenoxy) is 1. The number of aliphatic hydroxyl groups is 2. The largest absolute Gasteiger partial charge is 0.466 e. The number of rotatable bonds is 45. The summed E-state index contributed by atoms with van der Waals surface area (Å²) >= 11 is 0. The second-order valence-electron chi connectivity index (χ2n) is 16.8. The molecule has 1 amide bonds. The van der Waals surface area contributed by atoms with Crippen molar-refractivity contribution in [2.24, 2.45) is 0 Å². The number of aliphatic hydroxyl groups excluding tert-OH is 2. The van der Waals surface area contributed by atoms with Gasteiger partial charge >= 0.3 is 5.97 Å². The first kappa shape index (κ1) is 55.1. The predicted octanol–water partition coefficient (Wildman–Crippen LogP) is 14.5. The van der Waals surface area contributed by atoms with Gasteiger partial charge in [0.25, 0.3) is 0 Å². The van der Waals surface area contributed by atoms with E-state index in [0.717, 1.165) is 77.0 Å². The summed E-state index contributed by atoms with van der Waals surface area (Å²) in [5, 5.41) is 23.0. The van der Waals surface area contributed by atoms with Crippen LogP contribution in [0.4, 0.5) is 0 Å². The number of carbonyl (C=O) groups is 2. The molecule has 0 aromatic carbocycles. The fourth-order valence-electron chi connectivity index (χ4n) is 7.27. The topological polar surface area (TPSA) is 95.9 Å². The van der Waals surface area contributed by atoms with Crippen LogP contribution in [-0.2, 0) is 14.3 Å². The van der Waals surface area contributed by atoms with Crippen molar-refractivity contribution in [2.45, 2.75) is 264 Å². The van der Waals surface area contributed by atoms with Gasteiger partial charge in [-0.15, -0.1) is 0 Å². The molecule has 2 atom stereocenters. The molecule has 0 rings (SSSR count). The van der Waals surface area contributed by atoms with E-state index in [4.69, 9.17) is 4.74 Å². The third-order valence-electron chi connectivity index (χ3n) is 11.1. The van der Waals surface area contributed by atoms with Crippen molar-refractivity contribution >= 4 is 11.9 Å². The van der Waals surface area contributed by atoms with Crippen LogP contribution in [0.3, 0.4) is 0 Å². The van der Waals surface area contributed by atoms with Gasteiger partial charge in [-0.25, -0.2) is 0 Å². The van der Waals surface area contributed by atoms with Crippen molar-refractivity contribution in [3.8, 4) is 0 Å². The smallest absolute Gasteiger partial charge is 0.305 e. The molecule has 0 bridgehead atoms. The van der Waals surface area contributed by atoms with Crippen LogP contribution in [0.5, 0.6) is 0 Å². The van der Waals surface area contributed by atoms with Crippen molar-refractivity contribution in [2.75, 3.05) is 13.2 Å². The Bertz CT molecular complexity index is 931. The second-order valence-corrected chi connectivity index (χ2v) is 16.8. The molecule has 3 N–H and O–H groups in total. The Morgan fingerprint density at radius 1 is 0.474 bits per heavy atom. The molecule has 0 aliphatic heterocycles. The lowest BCUT2D eigenvalue weighted by atomic mass is 10.0. The van der Waals surface area contributed by atoms with E-state index in [-0.39, 0.29) is 18.5 Å². The van der Waals surface area contributed by atoms with Gasteiger partial charge in [0.15, 0.2) is 0 Å². The van der Waals surface area contributed by atoms with Crippen molar-refractivity contribution in [3.63, 3.8) is 0 Å². The summed E-state index contributed by atoms with van der Waals surface area (Å²) in [4.78, 5) is 24.4. The van der Waals surface area contributed by atoms with E-state index in [1.807, 2.05) is 6.08 Å². The normalized spacial score (nSPS) is 13.0. The Hall–Kier alpha value is -1.92. The molecule has 57 heavy (non-hydrogen) atoms. The molecular weight excluding hydrogens is 707 g/mol. The van der Waals surface area contributed by atoms with E-state index in [2.05, 4.69) is 43.5 Å². The summed E-state index contributed by atoms with van der Waals surface area (Å²) in [7, 11) is 0. The Morgan fingerprint density at radius 2 is 0.825 bits per heavy atom. The van der Waals surface area contributed by atoms with Gasteiger partial charge in [-0.05, 0) is 83.5 Å². The first-order valence-electron chi connectivity index (χ1n) is 24.8. The molecule has 0 radical (unpaired) electrons.